The van der Waals surface area contributed by atoms with Gasteiger partial charge in [0.1, 0.15) is 5.75 Å². The molecule has 0 fully saturated rings. The summed E-state index contributed by atoms with van der Waals surface area (Å²) in [4.78, 5) is 35.9. The molecule has 0 saturated heterocycles. The van der Waals surface area contributed by atoms with Crippen LogP contribution < -0.4 is 20.9 Å². The molecule has 3 amide bonds. The number of hydrogen-bond donors (Lipinski definition) is 3. The van der Waals surface area contributed by atoms with Gasteiger partial charge in [-0.25, -0.2) is 0 Å². The van der Waals surface area contributed by atoms with Crippen LogP contribution in [0.1, 0.15) is 15.9 Å². The van der Waals surface area contributed by atoms with Crippen molar-refractivity contribution in [3.05, 3.63) is 87.9 Å². The Morgan fingerprint density at radius 3 is 2.09 bits per heavy atom. The molecule has 0 aliphatic carbocycles. The Hall–Kier alpha value is -4.06. The second-order valence-electron chi connectivity index (χ2n) is 6.91. The summed E-state index contributed by atoms with van der Waals surface area (Å²) in [6.45, 7) is -0.709. The van der Waals surface area contributed by atoms with Gasteiger partial charge < -0.3 is 10.1 Å². The number of amides is 3. The average Bonchev–Trinajstić information content (AvgIpc) is 2.85. The molecule has 0 aliphatic heterocycles. The Balaban J connectivity index is 1.39. The van der Waals surface area contributed by atoms with E-state index in [0.29, 0.717) is 16.3 Å². The first-order chi connectivity index (χ1) is 16.4. The summed E-state index contributed by atoms with van der Waals surface area (Å²) in [6.07, 6.45) is 0. The molecule has 0 spiro atoms. The van der Waals surface area contributed by atoms with E-state index in [4.69, 9.17) is 33.2 Å². The van der Waals surface area contributed by atoms with E-state index in [1.165, 1.54) is 18.2 Å². The van der Waals surface area contributed by atoms with Gasteiger partial charge in [-0.2, -0.15) is 5.26 Å². The highest BCUT2D eigenvalue weighted by atomic mass is 35.5. The monoisotopic (exact) mass is 496 g/mol. The van der Waals surface area contributed by atoms with Gasteiger partial charge in [0.2, 0.25) is 0 Å². The summed E-state index contributed by atoms with van der Waals surface area (Å²) >= 11 is 11.7. The average molecular weight is 497 g/mol. The zero-order valence-electron chi connectivity index (χ0n) is 17.6. The fourth-order valence-electron chi connectivity index (χ4n) is 2.78. The molecule has 3 N–H and O–H groups in total. The summed E-state index contributed by atoms with van der Waals surface area (Å²) in [7, 11) is 0. The van der Waals surface area contributed by atoms with Crippen LogP contribution in [0.5, 0.6) is 5.75 Å². The number of nitrogens with zero attached hydrogens (tertiary/aromatic N) is 1. The van der Waals surface area contributed by atoms with Crippen LogP contribution >= 0.6 is 23.2 Å². The smallest absolute Gasteiger partial charge is 0.276 e. The molecular weight excluding hydrogens is 479 g/mol. The van der Waals surface area contributed by atoms with Crippen molar-refractivity contribution in [3.8, 4) is 22.9 Å². The Morgan fingerprint density at radius 1 is 0.853 bits per heavy atom. The summed E-state index contributed by atoms with van der Waals surface area (Å²) in [5.74, 6) is -1.32. The molecule has 3 aromatic carbocycles. The van der Waals surface area contributed by atoms with E-state index in [1.54, 1.807) is 24.3 Å². The first-order valence-corrected chi connectivity index (χ1v) is 10.7. The molecule has 0 radical (unpaired) electrons. The highest BCUT2D eigenvalue weighted by Crippen LogP contribution is 2.23. The lowest BCUT2D eigenvalue weighted by Gasteiger charge is -2.10. The summed E-state index contributed by atoms with van der Waals surface area (Å²) in [6, 6.07) is 20.6. The Morgan fingerprint density at radius 2 is 1.47 bits per heavy atom. The van der Waals surface area contributed by atoms with Crippen LogP contribution in [0.4, 0.5) is 0 Å². The van der Waals surface area contributed by atoms with Crippen molar-refractivity contribution < 1.29 is 19.1 Å². The highest BCUT2D eigenvalue weighted by molar-refractivity contribution is 6.36. The van der Waals surface area contributed by atoms with Crippen molar-refractivity contribution in [1.82, 2.24) is 16.2 Å². The summed E-state index contributed by atoms with van der Waals surface area (Å²) in [5.41, 5.74) is 6.99. The molecule has 34 heavy (non-hydrogen) atoms. The molecule has 0 aromatic heterocycles. The molecule has 3 aromatic rings. The van der Waals surface area contributed by atoms with Gasteiger partial charge in [-0.3, -0.25) is 25.2 Å². The molecular formula is C24H18Cl2N4O4. The first kappa shape index (κ1) is 24.6. The van der Waals surface area contributed by atoms with Gasteiger partial charge in [0, 0.05) is 5.02 Å². The highest BCUT2D eigenvalue weighted by Gasteiger charge is 2.12. The molecule has 3 rings (SSSR count). The van der Waals surface area contributed by atoms with Crippen LogP contribution in [0.15, 0.2) is 66.7 Å². The van der Waals surface area contributed by atoms with Crippen molar-refractivity contribution in [2.75, 3.05) is 13.2 Å². The molecule has 0 saturated carbocycles. The fourth-order valence-corrected chi connectivity index (χ4v) is 3.27. The third-order valence-electron chi connectivity index (χ3n) is 4.50. The van der Waals surface area contributed by atoms with Crippen molar-refractivity contribution in [1.29, 1.82) is 5.26 Å². The molecule has 0 bridgehead atoms. The number of benzene rings is 3. The lowest BCUT2D eigenvalue weighted by atomic mass is 10.0. The maximum atomic E-state index is 12.1. The van der Waals surface area contributed by atoms with Gasteiger partial charge >= 0.3 is 0 Å². The van der Waals surface area contributed by atoms with Crippen molar-refractivity contribution in [3.63, 3.8) is 0 Å². The third kappa shape index (κ3) is 6.97. The van der Waals surface area contributed by atoms with Gasteiger partial charge in [-0.1, -0.05) is 47.5 Å². The summed E-state index contributed by atoms with van der Waals surface area (Å²) < 4.78 is 5.40. The van der Waals surface area contributed by atoms with Gasteiger partial charge in [0.05, 0.1) is 28.8 Å². The number of carbonyl (C=O) groups is 3. The van der Waals surface area contributed by atoms with E-state index >= 15 is 0 Å². The van der Waals surface area contributed by atoms with Crippen LogP contribution in [0.3, 0.4) is 0 Å². The van der Waals surface area contributed by atoms with Crippen LogP contribution in [-0.4, -0.2) is 30.9 Å². The number of rotatable bonds is 7. The second-order valence-corrected chi connectivity index (χ2v) is 7.75. The van der Waals surface area contributed by atoms with Crippen molar-refractivity contribution in [2.45, 2.75) is 0 Å². The van der Waals surface area contributed by atoms with Crippen molar-refractivity contribution in [2.24, 2.45) is 0 Å². The van der Waals surface area contributed by atoms with Crippen LogP contribution in [0.2, 0.25) is 10.0 Å². The minimum absolute atomic E-state index is 0.154. The largest absolute Gasteiger partial charge is 0.484 e. The first-order valence-electron chi connectivity index (χ1n) is 9.90. The molecule has 0 aliphatic rings. The summed E-state index contributed by atoms with van der Waals surface area (Å²) in [5, 5.41) is 11.8. The van der Waals surface area contributed by atoms with E-state index in [0.717, 1.165) is 11.1 Å². The topological polar surface area (TPSA) is 120 Å². The third-order valence-corrected chi connectivity index (χ3v) is 5.05. The number of carbonyl (C=O) groups excluding carboxylic acids is 3. The second kappa shape index (κ2) is 11.7. The number of hydrogen-bond acceptors (Lipinski definition) is 5. The van der Waals surface area contributed by atoms with Gasteiger partial charge in [0.25, 0.3) is 17.7 Å². The zero-order chi connectivity index (χ0) is 24.5. The molecule has 0 atom stereocenters. The van der Waals surface area contributed by atoms with Crippen LogP contribution in [0.25, 0.3) is 11.1 Å². The maximum Gasteiger partial charge on any atom is 0.276 e. The van der Waals surface area contributed by atoms with Crippen LogP contribution in [0, 0.1) is 11.3 Å². The van der Waals surface area contributed by atoms with Gasteiger partial charge in [-0.15, -0.1) is 0 Å². The minimum Gasteiger partial charge on any atom is -0.484 e. The SMILES string of the molecule is N#Cc1ccc(-c2ccc(OCC(=O)NNC(=O)CNC(=O)c3ccc(Cl)cc3Cl)cc2)cc1. The molecule has 0 unspecified atom stereocenters. The fraction of sp³-hybridized carbons (Fsp3) is 0.0833. The lowest BCUT2D eigenvalue weighted by Crippen LogP contribution is -2.47. The Labute approximate surface area is 205 Å². The number of halogens is 2. The number of ether oxygens (including phenoxy) is 1. The predicted octanol–water partition coefficient (Wildman–Crippen LogP) is 3.49. The Kier molecular flexibility index (Phi) is 8.46. The standard InChI is InChI=1S/C24H18Cl2N4O4/c25-18-7-10-20(21(26)11-18)24(33)28-13-22(31)29-30-23(32)14-34-19-8-5-17(6-9-19)16-3-1-15(12-27)2-4-16/h1-11H,13-14H2,(H,28,33)(H,29,31)(H,30,32). The number of nitrogens with one attached hydrogen (secondary N) is 3. The number of hydrazine groups is 1. The predicted molar refractivity (Wildman–Crippen MR) is 127 cm³/mol. The van der Waals surface area contributed by atoms with Gasteiger partial charge in [0.15, 0.2) is 6.61 Å². The normalized spacial score (nSPS) is 10.0. The molecule has 172 valence electrons. The van der Waals surface area contributed by atoms with Gasteiger partial charge in [-0.05, 0) is 53.6 Å². The lowest BCUT2D eigenvalue weighted by molar-refractivity contribution is -0.129. The molecule has 10 heteroatoms. The van der Waals surface area contributed by atoms with E-state index in [-0.39, 0.29) is 23.7 Å². The minimum atomic E-state index is -0.640. The molecule has 8 nitrogen and oxygen atoms in total. The van der Waals surface area contributed by atoms with E-state index in [9.17, 15) is 14.4 Å². The zero-order valence-corrected chi connectivity index (χ0v) is 19.1. The number of nitriles is 1. The van der Waals surface area contributed by atoms with E-state index < -0.39 is 17.7 Å². The van der Waals surface area contributed by atoms with E-state index in [1.807, 2.05) is 24.3 Å². The Bertz CT molecular complexity index is 1240. The quantitative estimate of drug-likeness (QED) is 0.432. The molecule has 0 heterocycles. The van der Waals surface area contributed by atoms with E-state index in [2.05, 4.69) is 22.2 Å². The van der Waals surface area contributed by atoms with Crippen LogP contribution in [-0.2, 0) is 9.59 Å². The van der Waals surface area contributed by atoms with Crippen molar-refractivity contribution >= 4 is 40.9 Å². The maximum absolute atomic E-state index is 12.1.